The van der Waals surface area contributed by atoms with E-state index in [0.717, 1.165) is 5.56 Å². The van der Waals surface area contributed by atoms with Gasteiger partial charge in [0.1, 0.15) is 5.71 Å². The fraction of sp³-hybridized carbons (Fsp3) is 0.308. The molecule has 1 rings (SSSR count). The molecule has 18 heavy (non-hydrogen) atoms. The van der Waals surface area contributed by atoms with Crippen molar-refractivity contribution in [3.05, 3.63) is 35.9 Å². The van der Waals surface area contributed by atoms with Crippen molar-refractivity contribution < 1.29 is 14.3 Å². The van der Waals surface area contributed by atoms with Gasteiger partial charge in [0.2, 0.25) is 5.91 Å². The van der Waals surface area contributed by atoms with Gasteiger partial charge in [-0.2, -0.15) is 0 Å². The Labute approximate surface area is 106 Å². The summed E-state index contributed by atoms with van der Waals surface area (Å²) in [7, 11) is 0. The molecule has 0 aromatic heterocycles. The highest BCUT2D eigenvalue weighted by Gasteiger charge is 2.11. The molecular formula is C13H16N2O3. The van der Waals surface area contributed by atoms with Crippen molar-refractivity contribution in [2.75, 3.05) is 13.2 Å². The van der Waals surface area contributed by atoms with E-state index in [1.54, 1.807) is 6.92 Å². The first-order chi connectivity index (χ1) is 8.63. The quantitative estimate of drug-likeness (QED) is 0.580. The van der Waals surface area contributed by atoms with Gasteiger partial charge in [0.05, 0.1) is 19.6 Å². The maximum absolute atomic E-state index is 11.5. The Hall–Kier alpha value is -2.17. The van der Waals surface area contributed by atoms with Crippen LogP contribution in [0.15, 0.2) is 30.3 Å². The molecule has 5 nitrogen and oxygen atoms in total. The van der Waals surface area contributed by atoms with Gasteiger partial charge in [-0.25, -0.2) is 4.79 Å². The number of benzene rings is 1. The molecule has 0 unspecified atom stereocenters. The molecule has 0 saturated carbocycles. The molecule has 0 aliphatic rings. The predicted molar refractivity (Wildman–Crippen MR) is 67.5 cm³/mol. The van der Waals surface area contributed by atoms with Crippen LogP contribution in [0.4, 0.5) is 0 Å². The van der Waals surface area contributed by atoms with Gasteiger partial charge in [0, 0.05) is 0 Å². The zero-order chi connectivity index (χ0) is 13.4. The third-order valence-corrected chi connectivity index (χ3v) is 2.19. The Morgan fingerprint density at radius 3 is 2.56 bits per heavy atom. The molecule has 1 aromatic rings. The number of amides is 1. The summed E-state index contributed by atoms with van der Waals surface area (Å²) in [4.78, 5) is 22.7. The first kappa shape index (κ1) is 13.9. The Balaban J connectivity index is 2.33. The van der Waals surface area contributed by atoms with E-state index in [1.807, 2.05) is 30.3 Å². The van der Waals surface area contributed by atoms with Gasteiger partial charge >= 0.3 is 5.97 Å². The minimum absolute atomic E-state index is 0.107. The van der Waals surface area contributed by atoms with E-state index in [2.05, 4.69) is 10.1 Å². The highest BCUT2D eigenvalue weighted by Crippen LogP contribution is 1.98. The largest absolute Gasteiger partial charge is 0.461 e. The molecule has 0 radical (unpaired) electrons. The van der Waals surface area contributed by atoms with Crippen molar-refractivity contribution in [2.24, 2.45) is 0 Å². The van der Waals surface area contributed by atoms with Gasteiger partial charge < -0.3 is 10.1 Å². The molecule has 0 bridgehead atoms. The van der Waals surface area contributed by atoms with Crippen LogP contribution < -0.4 is 5.32 Å². The third-order valence-electron chi connectivity index (χ3n) is 2.19. The SMILES string of the molecule is CCOC(=O)C(=N)CNC(=O)Cc1ccccc1. The molecule has 1 amide bonds. The molecule has 0 spiro atoms. The van der Waals surface area contributed by atoms with Crippen LogP contribution >= 0.6 is 0 Å². The van der Waals surface area contributed by atoms with Crippen LogP contribution in [-0.4, -0.2) is 30.7 Å². The van der Waals surface area contributed by atoms with Gasteiger partial charge in [0.25, 0.3) is 0 Å². The summed E-state index contributed by atoms with van der Waals surface area (Å²) in [5.74, 6) is -0.923. The zero-order valence-corrected chi connectivity index (χ0v) is 10.2. The molecule has 96 valence electrons. The number of carbonyl (C=O) groups excluding carboxylic acids is 2. The monoisotopic (exact) mass is 248 g/mol. The summed E-state index contributed by atoms with van der Waals surface area (Å²) < 4.78 is 4.64. The van der Waals surface area contributed by atoms with Crippen LogP contribution in [0.25, 0.3) is 0 Å². The lowest BCUT2D eigenvalue weighted by atomic mass is 10.1. The number of hydrogen-bond acceptors (Lipinski definition) is 4. The van der Waals surface area contributed by atoms with E-state index in [4.69, 9.17) is 5.41 Å². The first-order valence-electron chi connectivity index (χ1n) is 5.68. The van der Waals surface area contributed by atoms with Crippen LogP contribution in [0, 0.1) is 5.41 Å². The van der Waals surface area contributed by atoms with E-state index in [0.29, 0.717) is 0 Å². The number of ether oxygens (including phenoxy) is 1. The highest BCUT2D eigenvalue weighted by atomic mass is 16.5. The second-order valence-electron chi connectivity index (χ2n) is 3.64. The molecule has 0 fully saturated rings. The van der Waals surface area contributed by atoms with Crippen LogP contribution in [0.3, 0.4) is 0 Å². The van der Waals surface area contributed by atoms with Crippen LogP contribution in [0.2, 0.25) is 0 Å². The maximum atomic E-state index is 11.5. The molecule has 1 aromatic carbocycles. The summed E-state index contributed by atoms with van der Waals surface area (Å²) in [6, 6.07) is 9.26. The molecule has 0 saturated heterocycles. The van der Waals surface area contributed by atoms with Crippen molar-refractivity contribution in [1.82, 2.24) is 5.32 Å². The molecule has 0 aliphatic carbocycles. The summed E-state index contributed by atoms with van der Waals surface area (Å²) in [5, 5.41) is 9.89. The van der Waals surface area contributed by atoms with Gasteiger partial charge in [-0.3, -0.25) is 10.2 Å². The zero-order valence-electron chi connectivity index (χ0n) is 10.2. The Morgan fingerprint density at radius 1 is 1.28 bits per heavy atom. The van der Waals surface area contributed by atoms with Crippen molar-refractivity contribution >= 4 is 17.6 Å². The van der Waals surface area contributed by atoms with Gasteiger partial charge in [-0.15, -0.1) is 0 Å². The maximum Gasteiger partial charge on any atom is 0.353 e. The molecule has 5 heteroatoms. The van der Waals surface area contributed by atoms with E-state index in [-0.39, 0.29) is 31.2 Å². The Morgan fingerprint density at radius 2 is 1.94 bits per heavy atom. The second-order valence-corrected chi connectivity index (χ2v) is 3.64. The van der Waals surface area contributed by atoms with Crippen LogP contribution in [0.1, 0.15) is 12.5 Å². The van der Waals surface area contributed by atoms with Gasteiger partial charge in [0.15, 0.2) is 0 Å². The van der Waals surface area contributed by atoms with Crippen LogP contribution in [-0.2, 0) is 20.7 Å². The number of nitrogens with one attached hydrogen (secondary N) is 2. The molecule has 0 heterocycles. The third kappa shape index (κ3) is 4.78. The Bertz CT molecular complexity index is 429. The number of carbonyl (C=O) groups is 2. The van der Waals surface area contributed by atoms with E-state index in [9.17, 15) is 9.59 Å². The highest BCUT2D eigenvalue weighted by molar-refractivity contribution is 6.36. The fourth-order valence-electron chi connectivity index (χ4n) is 1.32. The second kappa shape index (κ2) is 7.21. The molecule has 0 atom stereocenters. The first-order valence-corrected chi connectivity index (χ1v) is 5.68. The lowest BCUT2D eigenvalue weighted by molar-refractivity contribution is -0.135. The smallest absolute Gasteiger partial charge is 0.353 e. The van der Waals surface area contributed by atoms with Crippen molar-refractivity contribution in [3.63, 3.8) is 0 Å². The topological polar surface area (TPSA) is 79.2 Å². The van der Waals surface area contributed by atoms with E-state index < -0.39 is 5.97 Å². The lowest BCUT2D eigenvalue weighted by Gasteiger charge is -2.06. The average molecular weight is 248 g/mol. The summed E-state index contributed by atoms with van der Waals surface area (Å²) in [6.45, 7) is 1.78. The van der Waals surface area contributed by atoms with E-state index >= 15 is 0 Å². The molecule has 2 N–H and O–H groups in total. The number of rotatable bonds is 6. The van der Waals surface area contributed by atoms with Crippen molar-refractivity contribution in [2.45, 2.75) is 13.3 Å². The normalized spacial score (nSPS) is 9.61. The van der Waals surface area contributed by atoms with Crippen molar-refractivity contribution in [3.8, 4) is 0 Å². The van der Waals surface area contributed by atoms with Gasteiger partial charge in [-0.1, -0.05) is 30.3 Å². The van der Waals surface area contributed by atoms with E-state index in [1.165, 1.54) is 0 Å². The van der Waals surface area contributed by atoms with Crippen molar-refractivity contribution in [1.29, 1.82) is 5.41 Å². The number of esters is 1. The summed E-state index contributed by atoms with van der Waals surface area (Å²) in [5.41, 5.74) is 0.635. The number of hydrogen-bond donors (Lipinski definition) is 2. The van der Waals surface area contributed by atoms with Crippen LogP contribution in [0.5, 0.6) is 0 Å². The molecule has 0 aliphatic heterocycles. The van der Waals surface area contributed by atoms with Gasteiger partial charge in [-0.05, 0) is 12.5 Å². The minimum Gasteiger partial charge on any atom is -0.461 e. The lowest BCUT2D eigenvalue weighted by Crippen LogP contribution is -2.34. The predicted octanol–water partition coefficient (Wildman–Crippen LogP) is 0.928. The minimum atomic E-state index is -0.697. The average Bonchev–Trinajstić information content (AvgIpc) is 2.37. The standard InChI is InChI=1S/C13H16N2O3/c1-2-18-13(17)11(14)9-15-12(16)8-10-6-4-3-5-7-10/h3-7,14H,2,8-9H2,1H3,(H,15,16). The summed E-state index contributed by atoms with van der Waals surface area (Å²) >= 11 is 0. The fourth-order valence-corrected chi connectivity index (χ4v) is 1.32. The molecular weight excluding hydrogens is 232 g/mol. The Kier molecular flexibility index (Phi) is 5.57. The summed E-state index contributed by atoms with van der Waals surface area (Å²) in [6.07, 6.45) is 0.233.